The van der Waals surface area contributed by atoms with Crippen LogP contribution in [-0.2, 0) is 0 Å². The van der Waals surface area contributed by atoms with Gasteiger partial charge in [0.15, 0.2) is 0 Å². The van der Waals surface area contributed by atoms with Gasteiger partial charge in [-0.2, -0.15) is 0 Å². The summed E-state index contributed by atoms with van der Waals surface area (Å²) < 4.78 is 0. The molecule has 1 heterocycles. The fraction of sp³-hybridized carbons (Fsp3) is 0.714. The van der Waals surface area contributed by atoms with Crippen LogP contribution in [0.3, 0.4) is 0 Å². The molecule has 0 aromatic carbocycles. The molecule has 2 rings (SSSR count). The van der Waals surface area contributed by atoms with Crippen LogP contribution in [0, 0.1) is 18.8 Å². The van der Waals surface area contributed by atoms with Gasteiger partial charge in [-0.1, -0.05) is 26.2 Å². The molecule has 1 aliphatic rings. The average Bonchev–Trinajstić information content (AvgIpc) is 2.40. The van der Waals surface area contributed by atoms with Crippen LogP contribution in [0.4, 0.5) is 5.82 Å². The number of aromatic nitrogens is 2. The average molecular weight is 268 g/mol. The van der Waals surface area contributed by atoms with Crippen molar-refractivity contribution in [2.24, 2.45) is 11.8 Å². The van der Waals surface area contributed by atoms with E-state index in [2.05, 4.69) is 22.2 Å². The molecule has 0 spiro atoms. The highest BCUT2D eigenvalue weighted by atomic mass is 35.5. The van der Waals surface area contributed by atoms with Crippen molar-refractivity contribution in [2.75, 3.05) is 11.9 Å². The molecule has 1 fully saturated rings. The van der Waals surface area contributed by atoms with Gasteiger partial charge in [0, 0.05) is 18.3 Å². The Balaban J connectivity index is 1.83. The van der Waals surface area contributed by atoms with Gasteiger partial charge in [-0.3, -0.25) is 0 Å². The second-order valence-corrected chi connectivity index (χ2v) is 5.68. The lowest BCUT2D eigenvalue weighted by Crippen LogP contribution is -2.21. The number of anilines is 1. The minimum Gasteiger partial charge on any atom is -0.369 e. The summed E-state index contributed by atoms with van der Waals surface area (Å²) in [6.45, 7) is 5.31. The van der Waals surface area contributed by atoms with E-state index in [1.54, 1.807) is 6.20 Å². The van der Waals surface area contributed by atoms with Crippen molar-refractivity contribution in [3.63, 3.8) is 0 Å². The third-order valence-electron chi connectivity index (χ3n) is 4.04. The second-order valence-electron chi connectivity index (χ2n) is 5.35. The lowest BCUT2D eigenvalue weighted by Gasteiger charge is -2.28. The van der Waals surface area contributed by atoms with E-state index >= 15 is 0 Å². The fourth-order valence-electron chi connectivity index (χ4n) is 2.68. The standard InChI is InChI=1S/C14H22ClN3/c1-3-11-4-6-12(7-5-11)9-16-13-10(2)8-17-14(15)18-13/h8,11-12H,3-7,9H2,1-2H3,(H,16,17,18). The Morgan fingerprint density at radius 1 is 1.28 bits per heavy atom. The number of rotatable bonds is 4. The molecule has 18 heavy (non-hydrogen) atoms. The smallest absolute Gasteiger partial charge is 0.224 e. The molecule has 3 nitrogen and oxygen atoms in total. The molecule has 0 radical (unpaired) electrons. The third kappa shape index (κ3) is 3.58. The van der Waals surface area contributed by atoms with Crippen molar-refractivity contribution in [3.05, 3.63) is 17.0 Å². The summed E-state index contributed by atoms with van der Waals surface area (Å²) in [5, 5.41) is 3.74. The Kier molecular flexibility index (Phi) is 4.81. The van der Waals surface area contributed by atoms with Crippen LogP contribution in [-0.4, -0.2) is 16.5 Å². The first-order valence-corrected chi connectivity index (χ1v) is 7.29. The van der Waals surface area contributed by atoms with Gasteiger partial charge in [-0.15, -0.1) is 0 Å². The number of halogens is 1. The van der Waals surface area contributed by atoms with Gasteiger partial charge in [-0.25, -0.2) is 9.97 Å². The Bertz CT molecular complexity index is 387. The Hall–Kier alpha value is -0.830. The predicted octanol–water partition coefficient (Wildman–Crippen LogP) is 4.07. The van der Waals surface area contributed by atoms with Crippen LogP contribution >= 0.6 is 11.6 Å². The SMILES string of the molecule is CCC1CCC(CNc2nc(Cl)ncc2C)CC1. The lowest BCUT2D eigenvalue weighted by atomic mass is 9.81. The molecular weight excluding hydrogens is 246 g/mol. The molecule has 0 bridgehead atoms. The van der Waals surface area contributed by atoms with Crippen molar-refractivity contribution in [2.45, 2.75) is 46.0 Å². The first-order valence-electron chi connectivity index (χ1n) is 6.92. The zero-order valence-electron chi connectivity index (χ0n) is 11.2. The molecule has 0 amide bonds. The van der Waals surface area contributed by atoms with Gasteiger partial charge in [-0.05, 0) is 43.2 Å². The predicted molar refractivity (Wildman–Crippen MR) is 76.0 cm³/mol. The molecule has 0 unspecified atom stereocenters. The first kappa shape index (κ1) is 13.6. The summed E-state index contributed by atoms with van der Waals surface area (Å²) in [7, 11) is 0. The number of aryl methyl sites for hydroxylation is 1. The molecule has 4 heteroatoms. The van der Waals surface area contributed by atoms with Gasteiger partial charge in [0.05, 0.1) is 0 Å². The van der Waals surface area contributed by atoms with Crippen molar-refractivity contribution in [3.8, 4) is 0 Å². The summed E-state index contributed by atoms with van der Waals surface area (Å²) in [6.07, 6.45) is 8.54. The van der Waals surface area contributed by atoms with E-state index in [0.29, 0.717) is 5.28 Å². The first-order chi connectivity index (χ1) is 8.69. The summed E-state index contributed by atoms with van der Waals surface area (Å²) in [4.78, 5) is 8.20. The molecule has 0 aliphatic heterocycles. The van der Waals surface area contributed by atoms with Gasteiger partial charge >= 0.3 is 0 Å². The topological polar surface area (TPSA) is 37.8 Å². The van der Waals surface area contributed by atoms with Crippen LogP contribution in [0.2, 0.25) is 5.28 Å². The largest absolute Gasteiger partial charge is 0.369 e. The molecule has 1 saturated carbocycles. The van der Waals surface area contributed by atoms with E-state index < -0.39 is 0 Å². The van der Waals surface area contributed by atoms with Crippen LogP contribution in [0.5, 0.6) is 0 Å². The molecule has 1 aromatic heterocycles. The quantitative estimate of drug-likeness (QED) is 0.836. The normalized spacial score (nSPS) is 23.9. The molecule has 1 aliphatic carbocycles. The fourth-order valence-corrected chi connectivity index (χ4v) is 2.82. The molecular formula is C14H22ClN3. The Labute approximate surface area is 114 Å². The van der Waals surface area contributed by atoms with Crippen LogP contribution < -0.4 is 5.32 Å². The van der Waals surface area contributed by atoms with Gasteiger partial charge < -0.3 is 5.32 Å². The summed E-state index contributed by atoms with van der Waals surface area (Å²) in [5.41, 5.74) is 1.06. The van der Waals surface area contributed by atoms with E-state index in [1.807, 2.05) is 6.92 Å². The van der Waals surface area contributed by atoms with E-state index in [1.165, 1.54) is 32.1 Å². The van der Waals surface area contributed by atoms with Crippen LogP contribution in [0.1, 0.15) is 44.6 Å². The van der Waals surface area contributed by atoms with Crippen LogP contribution in [0.15, 0.2) is 6.20 Å². The lowest BCUT2D eigenvalue weighted by molar-refractivity contribution is 0.278. The summed E-state index contributed by atoms with van der Waals surface area (Å²) in [6, 6.07) is 0. The molecule has 0 atom stereocenters. The van der Waals surface area contributed by atoms with E-state index in [-0.39, 0.29) is 0 Å². The summed E-state index contributed by atoms with van der Waals surface area (Å²) in [5.74, 6) is 2.62. The van der Waals surface area contributed by atoms with Crippen molar-refractivity contribution in [1.82, 2.24) is 9.97 Å². The van der Waals surface area contributed by atoms with Crippen molar-refractivity contribution >= 4 is 17.4 Å². The maximum absolute atomic E-state index is 5.81. The van der Waals surface area contributed by atoms with E-state index in [0.717, 1.165) is 29.8 Å². The third-order valence-corrected chi connectivity index (χ3v) is 4.23. The van der Waals surface area contributed by atoms with Gasteiger partial charge in [0.2, 0.25) is 5.28 Å². The van der Waals surface area contributed by atoms with Crippen LogP contribution in [0.25, 0.3) is 0 Å². The molecule has 100 valence electrons. The Morgan fingerprint density at radius 3 is 2.61 bits per heavy atom. The maximum Gasteiger partial charge on any atom is 0.224 e. The highest BCUT2D eigenvalue weighted by Gasteiger charge is 2.19. The second kappa shape index (κ2) is 6.37. The highest BCUT2D eigenvalue weighted by molar-refractivity contribution is 6.28. The number of nitrogens with zero attached hydrogens (tertiary/aromatic N) is 2. The maximum atomic E-state index is 5.81. The molecule has 1 aromatic rings. The molecule has 0 saturated heterocycles. The highest BCUT2D eigenvalue weighted by Crippen LogP contribution is 2.30. The monoisotopic (exact) mass is 267 g/mol. The number of hydrogen-bond donors (Lipinski definition) is 1. The van der Waals surface area contributed by atoms with Gasteiger partial charge in [0.25, 0.3) is 0 Å². The van der Waals surface area contributed by atoms with Crippen molar-refractivity contribution < 1.29 is 0 Å². The zero-order chi connectivity index (χ0) is 13.0. The van der Waals surface area contributed by atoms with Crippen molar-refractivity contribution in [1.29, 1.82) is 0 Å². The Morgan fingerprint density at radius 2 is 1.94 bits per heavy atom. The molecule has 1 N–H and O–H groups in total. The van der Waals surface area contributed by atoms with E-state index in [4.69, 9.17) is 11.6 Å². The minimum atomic E-state index is 0.317. The zero-order valence-corrected chi connectivity index (χ0v) is 12.0. The number of hydrogen-bond acceptors (Lipinski definition) is 3. The minimum absolute atomic E-state index is 0.317. The summed E-state index contributed by atoms with van der Waals surface area (Å²) >= 11 is 5.81. The van der Waals surface area contributed by atoms with E-state index in [9.17, 15) is 0 Å². The number of nitrogens with one attached hydrogen (secondary N) is 1. The van der Waals surface area contributed by atoms with Gasteiger partial charge in [0.1, 0.15) is 5.82 Å².